The van der Waals surface area contributed by atoms with E-state index < -0.39 is 0 Å². The van der Waals surface area contributed by atoms with Gasteiger partial charge in [-0.25, -0.2) is 4.98 Å². The van der Waals surface area contributed by atoms with Gasteiger partial charge in [0.05, 0.1) is 23.7 Å². The van der Waals surface area contributed by atoms with Crippen molar-refractivity contribution in [2.24, 2.45) is 5.10 Å². The van der Waals surface area contributed by atoms with E-state index in [-0.39, 0.29) is 24.0 Å². The van der Waals surface area contributed by atoms with E-state index >= 15 is 0 Å². The number of carbonyl (C=O) groups is 1. The molecule has 224 valence electrons. The first-order valence-corrected chi connectivity index (χ1v) is 14.7. The second-order valence-electron chi connectivity index (χ2n) is 10.5. The molecule has 0 saturated carbocycles. The molecule has 0 bridgehead atoms. The fraction of sp³-hybridized carbons (Fsp3) is 0.200. The Bertz CT molecular complexity index is 1900. The molecule has 0 aliphatic heterocycles. The second kappa shape index (κ2) is 13.6. The van der Waals surface area contributed by atoms with E-state index in [0.717, 1.165) is 22.4 Å². The molecular weight excluding hydrogens is 576 g/mol. The van der Waals surface area contributed by atoms with Crippen LogP contribution in [0.2, 0.25) is 5.02 Å². The molecule has 0 aliphatic carbocycles. The van der Waals surface area contributed by atoms with Crippen LogP contribution in [0, 0.1) is 6.92 Å². The molecule has 9 heteroatoms. The molecule has 4 aromatic carbocycles. The number of hydrogen-bond donors (Lipinski definition) is 1. The van der Waals surface area contributed by atoms with E-state index in [4.69, 9.17) is 26.1 Å². The highest BCUT2D eigenvalue weighted by Gasteiger charge is 2.19. The van der Waals surface area contributed by atoms with Crippen molar-refractivity contribution in [3.63, 3.8) is 0 Å². The zero-order valence-corrected chi connectivity index (χ0v) is 25.8. The average molecular weight is 609 g/mol. The van der Waals surface area contributed by atoms with Gasteiger partial charge in [-0.3, -0.25) is 9.59 Å². The van der Waals surface area contributed by atoms with Gasteiger partial charge in [0.2, 0.25) is 0 Å². The number of ether oxygens (including phenoxy) is 2. The molecule has 8 nitrogen and oxygen atoms in total. The maximum Gasteiger partial charge on any atom is 0.282 e. The van der Waals surface area contributed by atoms with Gasteiger partial charge in [-0.05, 0) is 91.6 Å². The van der Waals surface area contributed by atoms with Gasteiger partial charge in [0.25, 0.3) is 11.5 Å². The van der Waals surface area contributed by atoms with E-state index in [0.29, 0.717) is 45.4 Å². The monoisotopic (exact) mass is 608 g/mol. The van der Waals surface area contributed by atoms with Crippen LogP contribution in [0.4, 0.5) is 5.69 Å². The van der Waals surface area contributed by atoms with Crippen molar-refractivity contribution < 1.29 is 14.3 Å². The highest BCUT2D eigenvalue weighted by Crippen LogP contribution is 2.34. The molecule has 1 aromatic heterocycles. The highest BCUT2D eigenvalue weighted by molar-refractivity contribution is 6.30. The number of rotatable bonds is 10. The summed E-state index contributed by atoms with van der Waals surface area (Å²) in [6, 6.07) is 25.2. The average Bonchev–Trinajstić information content (AvgIpc) is 3.01. The summed E-state index contributed by atoms with van der Waals surface area (Å²) in [6.07, 6.45) is 1.54. The minimum Gasteiger partial charge on any atom is -0.494 e. The summed E-state index contributed by atoms with van der Waals surface area (Å²) in [5.74, 6) is 1.51. The minimum atomic E-state index is -0.330. The smallest absolute Gasteiger partial charge is 0.282 e. The van der Waals surface area contributed by atoms with E-state index in [9.17, 15) is 9.59 Å². The quantitative estimate of drug-likeness (QED) is 0.166. The molecule has 44 heavy (non-hydrogen) atoms. The third-order valence-electron chi connectivity index (χ3n) is 6.99. The molecule has 0 radical (unpaired) electrons. The first kappa shape index (κ1) is 30.5. The third-order valence-corrected chi connectivity index (χ3v) is 7.24. The first-order valence-electron chi connectivity index (χ1n) is 14.4. The van der Waals surface area contributed by atoms with Gasteiger partial charge in [0.1, 0.15) is 11.5 Å². The van der Waals surface area contributed by atoms with E-state index in [1.165, 1.54) is 4.68 Å². The van der Waals surface area contributed by atoms with Gasteiger partial charge in [-0.15, -0.1) is 0 Å². The van der Waals surface area contributed by atoms with Crippen LogP contribution in [0.25, 0.3) is 22.3 Å². The lowest BCUT2D eigenvalue weighted by Gasteiger charge is -2.18. The SMILES string of the molecule is CCOc1cc(C)c(-c2nc3ccccc3c(=O)n2N=Cc2ccccc2OCC(=O)Nc2ccc(Cl)cc2)cc1C(C)C. The summed E-state index contributed by atoms with van der Waals surface area (Å²) in [5, 5.41) is 8.44. The van der Waals surface area contributed by atoms with Crippen molar-refractivity contribution in [2.75, 3.05) is 18.5 Å². The summed E-state index contributed by atoms with van der Waals surface area (Å²) < 4.78 is 13.1. The van der Waals surface area contributed by atoms with Gasteiger partial charge < -0.3 is 14.8 Å². The zero-order chi connectivity index (χ0) is 31.2. The lowest BCUT2D eigenvalue weighted by molar-refractivity contribution is -0.118. The fourth-order valence-corrected chi connectivity index (χ4v) is 4.91. The predicted octanol–water partition coefficient (Wildman–Crippen LogP) is 7.45. The van der Waals surface area contributed by atoms with E-state index in [2.05, 4.69) is 24.3 Å². The maximum atomic E-state index is 13.8. The molecule has 0 spiro atoms. The van der Waals surface area contributed by atoms with Crippen LogP contribution >= 0.6 is 11.6 Å². The summed E-state index contributed by atoms with van der Waals surface area (Å²) in [6.45, 7) is 8.45. The standard InChI is InChI=1S/C35H33ClN4O4/c1-5-43-32-18-23(4)29(19-28(32)22(2)3)34-39-30-12-8-7-11-27(30)35(42)40(34)37-20-24-10-6-9-13-31(24)44-21-33(41)38-26-16-14-25(36)15-17-26/h6-20,22H,5,21H2,1-4H3,(H,38,41). The van der Waals surface area contributed by atoms with Crippen LogP contribution in [0.15, 0.2) is 94.8 Å². The molecule has 0 saturated heterocycles. The number of aryl methyl sites for hydroxylation is 1. The number of nitrogens with zero attached hydrogens (tertiary/aromatic N) is 3. The van der Waals surface area contributed by atoms with Gasteiger partial charge >= 0.3 is 0 Å². The number of amides is 1. The summed E-state index contributed by atoms with van der Waals surface area (Å²) in [7, 11) is 0. The number of halogens is 1. The van der Waals surface area contributed by atoms with Crippen LogP contribution in [-0.2, 0) is 4.79 Å². The number of benzene rings is 4. The van der Waals surface area contributed by atoms with Crippen LogP contribution in [0.1, 0.15) is 43.4 Å². The minimum absolute atomic E-state index is 0.181. The molecule has 1 amide bonds. The molecule has 1 heterocycles. The van der Waals surface area contributed by atoms with Gasteiger partial charge in [0, 0.05) is 21.8 Å². The van der Waals surface area contributed by atoms with Crippen LogP contribution in [0.3, 0.4) is 0 Å². The third kappa shape index (κ3) is 6.82. The number of nitrogens with one attached hydrogen (secondary N) is 1. The number of aromatic nitrogens is 2. The van der Waals surface area contributed by atoms with Crippen LogP contribution in [-0.4, -0.2) is 35.0 Å². The molecule has 1 N–H and O–H groups in total. The van der Waals surface area contributed by atoms with Crippen molar-refractivity contribution in [3.8, 4) is 22.9 Å². The lowest BCUT2D eigenvalue weighted by atomic mass is 9.96. The van der Waals surface area contributed by atoms with Gasteiger partial charge in [-0.2, -0.15) is 9.78 Å². The van der Waals surface area contributed by atoms with E-state index in [1.807, 2.05) is 44.2 Å². The molecule has 0 unspecified atom stereocenters. The second-order valence-corrected chi connectivity index (χ2v) is 10.9. The molecule has 0 fully saturated rings. The van der Waals surface area contributed by atoms with Crippen LogP contribution in [0.5, 0.6) is 11.5 Å². The number of carbonyl (C=O) groups excluding carboxylic acids is 1. The molecular formula is C35H33ClN4O4. The van der Waals surface area contributed by atoms with Crippen molar-refractivity contribution >= 4 is 40.3 Å². The van der Waals surface area contributed by atoms with Crippen LogP contribution < -0.4 is 20.3 Å². The van der Waals surface area contributed by atoms with Crippen molar-refractivity contribution in [1.82, 2.24) is 9.66 Å². The van der Waals surface area contributed by atoms with Crippen molar-refractivity contribution in [3.05, 3.63) is 117 Å². The Morgan fingerprint density at radius 3 is 2.48 bits per heavy atom. The normalized spacial score (nSPS) is 11.3. The van der Waals surface area contributed by atoms with Gasteiger partial charge in [0.15, 0.2) is 12.4 Å². The molecule has 0 atom stereocenters. The van der Waals surface area contributed by atoms with Crippen molar-refractivity contribution in [1.29, 1.82) is 0 Å². The summed E-state index contributed by atoms with van der Waals surface area (Å²) >= 11 is 5.93. The number of para-hydroxylation sites is 2. The molecule has 0 aliphatic rings. The predicted molar refractivity (Wildman–Crippen MR) is 176 cm³/mol. The fourth-order valence-electron chi connectivity index (χ4n) is 4.79. The highest BCUT2D eigenvalue weighted by atomic mass is 35.5. The maximum absolute atomic E-state index is 13.8. The van der Waals surface area contributed by atoms with E-state index in [1.54, 1.807) is 60.8 Å². The Morgan fingerprint density at radius 2 is 1.73 bits per heavy atom. The number of anilines is 1. The molecule has 5 aromatic rings. The summed E-state index contributed by atoms with van der Waals surface area (Å²) in [5.41, 5.74) is 4.17. The van der Waals surface area contributed by atoms with Crippen molar-refractivity contribution in [2.45, 2.75) is 33.6 Å². The number of fused-ring (bicyclic) bond motifs is 1. The lowest BCUT2D eigenvalue weighted by Crippen LogP contribution is -2.21. The Morgan fingerprint density at radius 1 is 1.00 bits per heavy atom. The topological polar surface area (TPSA) is 94.8 Å². The Hall–Kier alpha value is -4.95. The first-order chi connectivity index (χ1) is 21.2. The van der Waals surface area contributed by atoms with Gasteiger partial charge in [-0.1, -0.05) is 49.7 Å². The molecule has 5 rings (SSSR count). The largest absolute Gasteiger partial charge is 0.494 e. The zero-order valence-electron chi connectivity index (χ0n) is 25.0. The Balaban J connectivity index is 1.52. The number of hydrogen-bond acceptors (Lipinski definition) is 6. The summed E-state index contributed by atoms with van der Waals surface area (Å²) in [4.78, 5) is 31.3. The Labute approximate surface area is 260 Å². The Kier molecular flexibility index (Phi) is 9.41.